The fourth-order valence-electron chi connectivity index (χ4n) is 1.02. The minimum absolute atomic E-state index is 0.510. The van der Waals surface area contributed by atoms with E-state index in [1.165, 1.54) is 0 Å². The largest absolute Gasteiger partial charge is 0.390 e. The average Bonchev–Trinajstić information content (AvgIpc) is 2.18. The first kappa shape index (κ1) is 10.6. The highest BCUT2D eigenvalue weighted by molar-refractivity contribution is 9.09. The number of alkyl halides is 1. The molecule has 13 heavy (non-hydrogen) atoms. The Morgan fingerprint density at radius 1 is 1.38 bits per heavy atom. The SMILES string of the molecule is OC(CCBr)C(O)c1ccccn1. The first-order valence-corrected chi connectivity index (χ1v) is 5.21. The number of aromatic nitrogens is 1. The van der Waals surface area contributed by atoms with Crippen molar-refractivity contribution < 1.29 is 10.2 Å². The molecule has 2 N–H and O–H groups in total. The van der Waals surface area contributed by atoms with Gasteiger partial charge in [-0.2, -0.15) is 0 Å². The summed E-state index contributed by atoms with van der Waals surface area (Å²) in [6, 6.07) is 5.25. The molecule has 0 saturated carbocycles. The number of hydrogen-bond acceptors (Lipinski definition) is 3. The van der Waals surface area contributed by atoms with Gasteiger partial charge in [0.1, 0.15) is 6.10 Å². The van der Waals surface area contributed by atoms with Gasteiger partial charge in [0, 0.05) is 11.5 Å². The number of halogens is 1. The number of aliphatic hydroxyl groups excluding tert-OH is 2. The molecular weight excluding hydrogens is 234 g/mol. The van der Waals surface area contributed by atoms with Crippen LogP contribution in [0.3, 0.4) is 0 Å². The number of rotatable bonds is 4. The standard InChI is InChI=1S/C9H12BrNO2/c10-5-4-8(12)9(13)7-3-1-2-6-11-7/h1-3,6,8-9,12-13H,4-5H2. The molecule has 0 amide bonds. The summed E-state index contributed by atoms with van der Waals surface area (Å²) in [5, 5.41) is 19.7. The monoisotopic (exact) mass is 245 g/mol. The second kappa shape index (κ2) is 5.32. The minimum atomic E-state index is -0.890. The van der Waals surface area contributed by atoms with E-state index in [0.717, 1.165) is 0 Å². The van der Waals surface area contributed by atoms with Crippen LogP contribution in [0.1, 0.15) is 18.2 Å². The lowest BCUT2D eigenvalue weighted by molar-refractivity contribution is 0.0148. The summed E-state index contributed by atoms with van der Waals surface area (Å²) in [6.45, 7) is 0. The maximum absolute atomic E-state index is 9.59. The fourth-order valence-corrected chi connectivity index (χ4v) is 1.49. The summed E-state index contributed by atoms with van der Waals surface area (Å²) in [4.78, 5) is 3.96. The zero-order valence-electron chi connectivity index (χ0n) is 7.10. The van der Waals surface area contributed by atoms with Crippen LogP contribution in [0.2, 0.25) is 0 Å². The maximum Gasteiger partial charge on any atom is 0.122 e. The molecule has 2 atom stereocenters. The van der Waals surface area contributed by atoms with E-state index >= 15 is 0 Å². The van der Waals surface area contributed by atoms with E-state index in [-0.39, 0.29) is 0 Å². The second-order valence-electron chi connectivity index (χ2n) is 2.74. The van der Waals surface area contributed by atoms with Crippen LogP contribution in [0.4, 0.5) is 0 Å². The van der Waals surface area contributed by atoms with Crippen molar-refractivity contribution in [2.24, 2.45) is 0 Å². The lowest BCUT2D eigenvalue weighted by Crippen LogP contribution is -2.19. The molecule has 3 nitrogen and oxygen atoms in total. The fraction of sp³-hybridized carbons (Fsp3) is 0.444. The highest BCUT2D eigenvalue weighted by Crippen LogP contribution is 2.16. The summed E-state index contributed by atoms with van der Waals surface area (Å²) >= 11 is 3.20. The number of hydrogen-bond donors (Lipinski definition) is 2. The molecule has 2 unspecified atom stereocenters. The molecule has 1 rings (SSSR count). The first-order valence-electron chi connectivity index (χ1n) is 4.08. The van der Waals surface area contributed by atoms with Crippen LogP contribution in [-0.2, 0) is 0 Å². The third-order valence-electron chi connectivity index (χ3n) is 1.76. The molecule has 72 valence electrons. The molecule has 0 fully saturated rings. The van der Waals surface area contributed by atoms with E-state index in [0.29, 0.717) is 17.4 Å². The average molecular weight is 246 g/mol. The van der Waals surface area contributed by atoms with Crippen molar-refractivity contribution >= 4 is 15.9 Å². The van der Waals surface area contributed by atoms with Gasteiger partial charge in [0.15, 0.2) is 0 Å². The van der Waals surface area contributed by atoms with Gasteiger partial charge in [-0.1, -0.05) is 22.0 Å². The van der Waals surface area contributed by atoms with Crippen LogP contribution in [0.5, 0.6) is 0 Å². The van der Waals surface area contributed by atoms with Crippen LogP contribution >= 0.6 is 15.9 Å². The van der Waals surface area contributed by atoms with E-state index in [1.54, 1.807) is 24.4 Å². The van der Waals surface area contributed by atoms with Crippen molar-refractivity contribution in [3.05, 3.63) is 30.1 Å². The molecule has 0 aliphatic carbocycles. The molecule has 0 aliphatic rings. The van der Waals surface area contributed by atoms with Crippen LogP contribution in [-0.4, -0.2) is 26.6 Å². The molecule has 0 aliphatic heterocycles. The van der Waals surface area contributed by atoms with Gasteiger partial charge >= 0.3 is 0 Å². The smallest absolute Gasteiger partial charge is 0.122 e. The van der Waals surface area contributed by atoms with E-state index in [9.17, 15) is 10.2 Å². The Morgan fingerprint density at radius 3 is 2.69 bits per heavy atom. The molecule has 0 bridgehead atoms. The van der Waals surface area contributed by atoms with E-state index in [2.05, 4.69) is 20.9 Å². The summed E-state index contributed by atoms with van der Waals surface area (Å²) < 4.78 is 0. The van der Waals surface area contributed by atoms with Crippen molar-refractivity contribution in [1.29, 1.82) is 0 Å². The number of aliphatic hydroxyl groups is 2. The van der Waals surface area contributed by atoms with Crippen LogP contribution in [0.25, 0.3) is 0 Å². The van der Waals surface area contributed by atoms with Gasteiger partial charge in [-0.05, 0) is 18.6 Å². The Bertz CT molecular complexity index is 243. The Labute approximate surface area is 85.6 Å². The second-order valence-corrected chi connectivity index (χ2v) is 3.54. The minimum Gasteiger partial charge on any atom is -0.390 e. The number of nitrogens with zero attached hydrogens (tertiary/aromatic N) is 1. The maximum atomic E-state index is 9.59. The van der Waals surface area contributed by atoms with Gasteiger partial charge in [0.2, 0.25) is 0 Å². The molecular formula is C9H12BrNO2. The van der Waals surface area contributed by atoms with Crippen molar-refractivity contribution in [2.75, 3.05) is 5.33 Å². The molecule has 1 heterocycles. The Kier molecular flexibility index (Phi) is 4.35. The molecule has 0 aromatic carbocycles. The lowest BCUT2D eigenvalue weighted by Gasteiger charge is -2.15. The van der Waals surface area contributed by atoms with Crippen molar-refractivity contribution in [1.82, 2.24) is 4.98 Å². The summed E-state index contributed by atoms with van der Waals surface area (Å²) in [5.74, 6) is 0. The van der Waals surface area contributed by atoms with Gasteiger partial charge < -0.3 is 10.2 Å². The van der Waals surface area contributed by atoms with E-state index < -0.39 is 12.2 Å². The summed E-state index contributed by atoms with van der Waals surface area (Å²) in [7, 11) is 0. The van der Waals surface area contributed by atoms with Gasteiger partial charge in [0.25, 0.3) is 0 Å². The topological polar surface area (TPSA) is 53.4 Å². The molecule has 0 radical (unpaired) electrons. The predicted octanol–water partition coefficient (Wildman–Crippen LogP) is 1.26. The van der Waals surface area contributed by atoms with E-state index in [1.807, 2.05) is 0 Å². The van der Waals surface area contributed by atoms with Crippen molar-refractivity contribution in [3.63, 3.8) is 0 Å². The first-order chi connectivity index (χ1) is 6.25. The highest BCUT2D eigenvalue weighted by Gasteiger charge is 2.17. The molecule has 0 spiro atoms. The summed E-state index contributed by atoms with van der Waals surface area (Å²) in [5.41, 5.74) is 0.510. The Hall–Kier alpha value is -0.450. The van der Waals surface area contributed by atoms with Gasteiger partial charge in [0.05, 0.1) is 11.8 Å². The summed E-state index contributed by atoms with van der Waals surface area (Å²) in [6.07, 6.45) is 0.463. The van der Waals surface area contributed by atoms with Crippen LogP contribution < -0.4 is 0 Å². The third-order valence-corrected chi connectivity index (χ3v) is 2.22. The van der Waals surface area contributed by atoms with Gasteiger partial charge in [-0.3, -0.25) is 4.98 Å². The van der Waals surface area contributed by atoms with Crippen molar-refractivity contribution in [2.45, 2.75) is 18.6 Å². The predicted molar refractivity (Wildman–Crippen MR) is 53.6 cm³/mol. The quantitative estimate of drug-likeness (QED) is 0.786. The van der Waals surface area contributed by atoms with Gasteiger partial charge in [-0.15, -0.1) is 0 Å². The van der Waals surface area contributed by atoms with Gasteiger partial charge in [-0.25, -0.2) is 0 Å². The number of pyridine rings is 1. The zero-order valence-corrected chi connectivity index (χ0v) is 8.68. The molecule has 0 saturated heterocycles. The normalized spacial score (nSPS) is 15.3. The third kappa shape index (κ3) is 3.06. The Morgan fingerprint density at radius 2 is 2.15 bits per heavy atom. The van der Waals surface area contributed by atoms with E-state index in [4.69, 9.17) is 0 Å². The lowest BCUT2D eigenvalue weighted by atomic mass is 10.1. The van der Waals surface area contributed by atoms with Crippen LogP contribution in [0, 0.1) is 0 Å². The zero-order chi connectivity index (χ0) is 9.68. The highest BCUT2D eigenvalue weighted by atomic mass is 79.9. The molecule has 4 heteroatoms. The Balaban J connectivity index is 2.62. The van der Waals surface area contributed by atoms with Crippen molar-refractivity contribution in [3.8, 4) is 0 Å². The molecule has 1 aromatic heterocycles. The van der Waals surface area contributed by atoms with Crippen LogP contribution in [0.15, 0.2) is 24.4 Å². The molecule has 1 aromatic rings.